The average Bonchev–Trinajstić information content (AvgIpc) is 2.91. The van der Waals surface area contributed by atoms with Gasteiger partial charge in [-0.05, 0) is 49.4 Å². The van der Waals surface area contributed by atoms with Crippen molar-refractivity contribution < 1.29 is 9.59 Å². The van der Waals surface area contributed by atoms with Crippen LogP contribution in [0.3, 0.4) is 0 Å². The highest BCUT2D eigenvalue weighted by Crippen LogP contribution is 2.36. The third-order valence-electron chi connectivity index (χ3n) is 8.51. The van der Waals surface area contributed by atoms with Gasteiger partial charge in [-0.2, -0.15) is 5.53 Å². The molecule has 4 atom stereocenters. The molecule has 0 saturated carbocycles. The van der Waals surface area contributed by atoms with E-state index in [2.05, 4.69) is 89.4 Å². The lowest BCUT2D eigenvalue weighted by molar-refractivity contribution is -0.142. The summed E-state index contributed by atoms with van der Waals surface area (Å²) in [6.07, 6.45) is 0. The molecule has 9 nitrogen and oxygen atoms in total. The molecule has 2 fully saturated rings. The van der Waals surface area contributed by atoms with Crippen molar-refractivity contribution in [1.82, 2.24) is 25.0 Å². The number of hydrogen-bond donors (Lipinski definition) is 2. The number of aryl methyl sites for hydroxylation is 1. The molecular formula is C31H44ClN7O2. The quantitative estimate of drug-likeness (QED) is 0.355. The summed E-state index contributed by atoms with van der Waals surface area (Å²) in [7, 11) is 0. The van der Waals surface area contributed by atoms with Crippen molar-refractivity contribution in [3.05, 3.63) is 70.2 Å². The van der Waals surface area contributed by atoms with Crippen LogP contribution in [0.25, 0.3) is 0 Å². The third kappa shape index (κ3) is 7.26. The zero-order valence-corrected chi connectivity index (χ0v) is 25.9. The molecule has 2 aromatic carbocycles. The van der Waals surface area contributed by atoms with Crippen LogP contribution in [0.4, 0.5) is 4.79 Å². The fourth-order valence-electron chi connectivity index (χ4n) is 6.26. The van der Waals surface area contributed by atoms with E-state index in [1.165, 1.54) is 16.7 Å². The van der Waals surface area contributed by atoms with E-state index in [0.717, 1.165) is 18.1 Å². The summed E-state index contributed by atoms with van der Waals surface area (Å²) < 4.78 is 0. The average molecular weight is 582 g/mol. The van der Waals surface area contributed by atoms with Crippen LogP contribution in [-0.4, -0.2) is 88.9 Å². The lowest BCUT2D eigenvalue weighted by Gasteiger charge is -2.50. The molecule has 2 aromatic rings. The smallest absolute Gasteiger partial charge is 0.336 e. The van der Waals surface area contributed by atoms with Crippen LogP contribution in [0.5, 0.6) is 0 Å². The van der Waals surface area contributed by atoms with E-state index in [4.69, 9.17) is 17.1 Å². The Bertz CT molecular complexity index is 1230. The van der Waals surface area contributed by atoms with Crippen LogP contribution in [0.15, 0.2) is 53.8 Å². The van der Waals surface area contributed by atoms with Gasteiger partial charge in [-0.3, -0.25) is 14.6 Å². The number of rotatable bonds is 6. The van der Waals surface area contributed by atoms with Crippen LogP contribution in [-0.2, 0) is 4.79 Å². The van der Waals surface area contributed by atoms with Gasteiger partial charge in [0.15, 0.2) is 0 Å². The molecule has 1 unspecified atom stereocenters. The minimum absolute atomic E-state index is 0.0108. The summed E-state index contributed by atoms with van der Waals surface area (Å²) >= 11 is 6.25. The van der Waals surface area contributed by atoms with Gasteiger partial charge in [0, 0.05) is 55.9 Å². The molecule has 3 amide bonds. The highest BCUT2D eigenvalue weighted by atomic mass is 35.5. The van der Waals surface area contributed by atoms with Gasteiger partial charge in [-0.25, -0.2) is 10.2 Å². The fourth-order valence-corrected chi connectivity index (χ4v) is 6.38. The second kappa shape index (κ2) is 12.9. The first-order chi connectivity index (χ1) is 19.4. The molecule has 0 radical (unpaired) electrons. The Hall–Kier alpha value is -3.01. The molecule has 0 spiro atoms. The first-order valence-electron chi connectivity index (χ1n) is 14.4. The topological polar surface area (TPSA) is 95.3 Å². The lowest BCUT2D eigenvalue weighted by Crippen LogP contribution is -2.64. The SMILES string of the molecule is Cc1cccc(C(c2ccc(Cl)cc2)N2CCN(C(=O)CN3C[C@H](C)N(C(=O)NN=N)C[C@H]3C)[C@@H](C(C)(C)C)C2)c1. The summed E-state index contributed by atoms with van der Waals surface area (Å²) in [5, 5.41) is 3.74. The van der Waals surface area contributed by atoms with Gasteiger partial charge in [-0.1, -0.05) is 79.6 Å². The molecule has 0 aliphatic carbocycles. The Morgan fingerprint density at radius 1 is 1.00 bits per heavy atom. The first-order valence-corrected chi connectivity index (χ1v) is 14.8. The zero-order valence-electron chi connectivity index (χ0n) is 25.1. The number of urea groups is 1. The van der Waals surface area contributed by atoms with E-state index >= 15 is 0 Å². The minimum atomic E-state index is -0.377. The van der Waals surface area contributed by atoms with E-state index in [9.17, 15) is 9.59 Å². The van der Waals surface area contributed by atoms with Crippen LogP contribution < -0.4 is 5.43 Å². The van der Waals surface area contributed by atoms with Gasteiger partial charge in [-0.15, -0.1) is 0 Å². The maximum Gasteiger partial charge on any atom is 0.339 e. The molecule has 2 saturated heterocycles. The molecule has 0 aromatic heterocycles. The van der Waals surface area contributed by atoms with Crippen LogP contribution in [0.2, 0.25) is 5.02 Å². The summed E-state index contributed by atoms with van der Waals surface area (Å²) in [6, 6.07) is 16.4. The van der Waals surface area contributed by atoms with E-state index < -0.39 is 0 Å². The molecule has 2 aliphatic heterocycles. The van der Waals surface area contributed by atoms with Gasteiger partial charge in [0.2, 0.25) is 5.91 Å². The van der Waals surface area contributed by atoms with Crippen molar-refractivity contribution >= 4 is 23.5 Å². The van der Waals surface area contributed by atoms with E-state index in [1.807, 2.05) is 26.0 Å². The van der Waals surface area contributed by atoms with Crippen molar-refractivity contribution in [1.29, 1.82) is 5.53 Å². The van der Waals surface area contributed by atoms with Gasteiger partial charge < -0.3 is 9.80 Å². The third-order valence-corrected chi connectivity index (χ3v) is 8.76. The van der Waals surface area contributed by atoms with Crippen LogP contribution in [0, 0.1) is 17.9 Å². The van der Waals surface area contributed by atoms with Crippen LogP contribution in [0.1, 0.15) is 57.4 Å². The maximum absolute atomic E-state index is 13.9. The van der Waals surface area contributed by atoms with Gasteiger partial charge >= 0.3 is 6.03 Å². The fraction of sp³-hybridized carbons (Fsp3) is 0.548. The van der Waals surface area contributed by atoms with Gasteiger partial charge in [0.25, 0.3) is 0 Å². The number of carbonyl (C=O) groups is 2. The Morgan fingerprint density at radius 2 is 1.71 bits per heavy atom. The molecular weight excluding hydrogens is 538 g/mol. The number of nitrogens with one attached hydrogen (secondary N) is 2. The van der Waals surface area contributed by atoms with Crippen molar-refractivity contribution in [2.45, 2.75) is 65.7 Å². The summed E-state index contributed by atoms with van der Waals surface area (Å²) in [5.74, 6) is 0.126. The molecule has 0 bridgehead atoms. The van der Waals surface area contributed by atoms with E-state index in [0.29, 0.717) is 26.2 Å². The maximum atomic E-state index is 13.9. The lowest BCUT2D eigenvalue weighted by atomic mass is 9.83. The van der Waals surface area contributed by atoms with Crippen molar-refractivity contribution in [3.8, 4) is 0 Å². The Morgan fingerprint density at radius 3 is 2.34 bits per heavy atom. The van der Waals surface area contributed by atoms with E-state index in [1.54, 1.807) is 4.90 Å². The van der Waals surface area contributed by atoms with Gasteiger partial charge in [0.05, 0.1) is 12.6 Å². The van der Waals surface area contributed by atoms with Crippen molar-refractivity contribution in [2.75, 3.05) is 39.3 Å². The zero-order chi connectivity index (χ0) is 29.9. The predicted octanol–water partition coefficient (Wildman–Crippen LogP) is 5.35. The van der Waals surface area contributed by atoms with E-state index in [-0.39, 0.29) is 41.5 Å². The molecule has 2 aliphatic rings. The molecule has 222 valence electrons. The number of benzene rings is 2. The second-order valence-corrected chi connectivity index (χ2v) is 13.1. The Labute approximate surface area is 249 Å². The molecule has 10 heteroatoms. The number of carbonyl (C=O) groups excluding carboxylic acids is 2. The number of hydrogen-bond acceptors (Lipinski definition) is 6. The molecule has 2 heterocycles. The highest BCUT2D eigenvalue weighted by Gasteiger charge is 2.41. The first kappa shape index (κ1) is 30.9. The standard InChI is InChI=1S/C31H44ClN7O2/c1-21-8-7-9-25(16-21)29(24-10-12-26(32)13-11-24)36-14-15-38(27(19-36)31(4,5)6)28(40)20-37-17-23(3)39(18-22(37)2)30(41)34-35-33/h7-13,16,22-23,27,29H,14-15,17-20H2,1-6H3,(H2,33,34,41)/t22-,23+,27-,29?/m1/s1. The molecule has 4 rings (SSSR count). The monoisotopic (exact) mass is 581 g/mol. The highest BCUT2D eigenvalue weighted by molar-refractivity contribution is 6.30. The van der Waals surface area contributed by atoms with Crippen LogP contribution >= 0.6 is 11.6 Å². The number of amides is 3. The number of halogens is 1. The largest absolute Gasteiger partial charge is 0.339 e. The summed E-state index contributed by atoms with van der Waals surface area (Å²) in [4.78, 5) is 34.7. The van der Waals surface area contributed by atoms with Gasteiger partial charge in [0.1, 0.15) is 0 Å². The molecule has 2 N–H and O–H groups in total. The molecule has 41 heavy (non-hydrogen) atoms. The number of piperazine rings is 2. The van der Waals surface area contributed by atoms with Crippen molar-refractivity contribution in [2.24, 2.45) is 10.6 Å². The second-order valence-electron chi connectivity index (χ2n) is 12.6. The summed E-state index contributed by atoms with van der Waals surface area (Å²) in [5.41, 5.74) is 12.7. The normalized spacial score (nSPS) is 23.2. The summed E-state index contributed by atoms with van der Waals surface area (Å²) in [6.45, 7) is 16.3. The minimum Gasteiger partial charge on any atom is -0.336 e. The Kier molecular flexibility index (Phi) is 9.72. The Balaban J connectivity index is 1.53. The van der Waals surface area contributed by atoms with Crippen molar-refractivity contribution in [3.63, 3.8) is 0 Å². The predicted molar refractivity (Wildman–Crippen MR) is 162 cm³/mol. The number of nitrogens with zero attached hydrogens (tertiary/aromatic N) is 5.